The van der Waals surface area contributed by atoms with Gasteiger partial charge in [0.2, 0.25) is 0 Å². The van der Waals surface area contributed by atoms with Crippen molar-refractivity contribution < 1.29 is 9.53 Å². The Bertz CT molecular complexity index is 869. The Labute approximate surface area is 154 Å². The second-order valence-electron chi connectivity index (χ2n) is 5.87. The molecule has 3 nitrogen and oxygen atoms in total. The molecule has 0 unspecified atom stereocenters. The molecule has 3 aromatic carbocycles. The molecule has 0 saturated carbocycles. The van der Waals surface area contributed by atoms with Gasteiger partial charge >= 0.3 is 0 Å². The molecule has 0 heterocycles. The maximum absolute atomic E-state index is 12.8. The van der Waals surface area contributed by atoms with Gasteiger partial charge in [-0.05, 0) is 34.9 Å². The normalized spacial score (nSPS) is 11.0. The van der Waals surface area contributed by atoms with Gasteiger partial charge in [-0.1, -0.05) is 72.8 Å². The Hall–Kier alpha value is -3.33. The van der Waals surface area contributed by atoms with E-state index in [0.717, 1.165) is 22.4 Å². The summed E-state index contributed by atoms with van der Waals surface area (Å²) in [5.74, 6) is 0.699. The maximum atomic E-state index is 12.8. The Morgan fingerprint density at radius 2 is 1.50 bits per heavy atom. The van der Waals surface area contributed by atoms with E-state index < -0.39 is 0 Å². The van der Waals surface area contributed by atoms with Crippen LogP contribution in [0.2, 0.25) is 0 Å². The number of rotatable bonds is 6. The predicted molar refractivity (Wildman–Crippen MR) is 106 cm³/mol. The van der Waals surface area contributed by atoms with Crippen molar-refractivity contribution in [3.8, 4) is 5.75 Å². The van der Waals surface area contributed by atoms with Crippen LogP contribution in [0.3, 0.4) is 0 Å². The standard InChI is InChI=1S/C23H21NO2/c1-26-21-14-12-19(13-15-21)17-24-23(25)22(20-10-6-3-7-11-20)16-18-8-4-2-5-9-18/h2-16H,17H2,1H3,(H,24,25). The van der Waals surface area contributed by atoms with Gasteiger partial charge in [0.05, 0.1) is 7.11 Å². The van der Waals surface area contributed by atoms with Crippen molar-refractivity contribution in [2.75, 3.05) is 7.11 Å². The first-order chi connectivity index (χ1) is 12.8. The lowest BCUT2D eigenvalue weighted by Crippen LogP contribution is -2.23. The smallest absolute Gasteiger partial charge is 0.252 e. The third kappa shape index (κ3) is 4.61. The molecular formula is C23H21NO2. The number of carbonyl (C=O) groups excluding carboxylic acids is 1. The molecule has 0 radical (unpaired) electrons. The molecule has 3 rings (SSSR count). The van der Waals surface area contributed by atoms with E-state index in [1.54, 1.807) is 7.11 Å². The highest BCUT2D eigenvalue weighted by Crippen LogP contribution is 2.19. The molecule has 0 saturated heterocycles. The molecule has 1 N–H and O–H groups in total. The zero-order valence-corrected chi connectivity index (χ0v) is 14.7. The first kappa shape index (κ1) is 17.5. The molecule has 0 fully saturated rings. The van der Waals surface area contributed by atoms with Crippen LogP contribution >= 0.6 is 0 Å². The van der Waals surface area contributed by atoms with E-state index in [1.807, 2.05) is 91.0 Å². The van der Waals surface area contributed by atoms with Crippen LogP contribution in [0, 0.1) is 0 Å². The van der Waals surface area contributed by atoms with E-state index in [1.165, 1.54) is 0 Å². The number of methoxy groups -OCH3 is 1. The van der Waals surface area contributed by atoms with Crippen LogP contribution in [0.4, 0.5) is 0 Å². The van der Waals surface area contributed by atoms with E-state index in [2.05, 4.69) is 5.32 Å². The highest BCUT2D eigenvalue weighted by molar-refractivity contribution is 6.24. The second kappa shape index (κ2) is 8.67. The van der Waals surface area contributed by atoms with Crippen molar-refractivity contribution in [2.45, 2.75) is 6.54 Å². The molecule has 1 amide bonds. The van der Waals surface area contributed by atoms with Crippen molar-refractivity contribution in [3.05, 3.63) is 102 Å². The lowest BCUT2D eigenvalue weighted by molar-refractivity contribution is -0.115. The Morgan fingerprint density at radius 1 is 0.885 bits per heavy atom. The summed E-state index contributed by atoms with van der Waals surface area (Å²) in [7, 11) is 1.64. The number of amides is 1. The summed E-state index contributed by atoms with van der Waals surface area (Å²) in [5.41, 5.74) is 3.55. The fourth-order valence-electron chi connectivity index (χ4n) is 2.63. The van der Waals surface area contributed by atoms with Gasteiger partial charge < -0.3 is 10.1 Å². The molecule has 26 heavy (non-hydrogen) atoms. The minimum atomic E-state index is -0.101. The van der Waals surface area contributed by atoms with Crippen molar-refractivity contribution in [1.29, 1.82) is 0 Å². The van der Waals surface area contributed by atoms with Gasteiger partial charge in [0.15, 0.2) is 0 Å². The number of ether oxygens (including phenoxy) is 1. The molecule has 0 aliphatic rings. The topological polar surface area (TPSA) is 38.3 Å². The van der Waals surface area contributed by atoms with E-state index in [4.69, 9.17) is 4.74 Å². The summed E-state index contributed by atoms with van der Waals surface area (Å²) >= 11 is 0. The third-order valence-corrected chi connectivity index (χ3v) is 4.05. The minimum absolute atomic E-state index is 0.101. The van der Waals surface area contributed by atoms with Crippen LogP contribution < -0.4 is 10.1 Å². The summed E-state index contributed by atoms with van der Waals surface area (Å²) in [6.07, 6.45) is 1.92. The fraction of sp³-hybridized carbons (Fsp3) is 0.0870. The van der Waals surface area contributed by atoms with Gasteiger partial charge in [-0.2, -0.15) is 0 Å². The lowest BCUT2D eigenvalue weighted by atomic mass is 10.0. The quantitative estimate of drug-likeness (QED) is 0.527. The van der Waals surface area contributed by atoms with E-state index in [-0.39, 0.29) is 5.91 Å². The van der Waals surface area contributed by atoms with Crippen LogP contribution in [0.1, 0.15) is 16.7 Å². The Balaban J connectivity index is 1.79. The van der Waals surface area contributed by atoms with Gasteiger partial charge in [0, 0.05) is 12.1 Å². The van der Waals surface area contributed by atoms with E-state index in [0.29, 0.717) is 12.1 Å². The fourth-order valence-corrected chi connectivity index (χ4v) is 2.63. The summed E-state index contributed by atoms with van der Waals surface area (Å²) in [5, 5.41) is 3.01. The van der Waals surface area contributed by atoms with Crippen molar-refractivity contribution in [1.82, 2.24) is 5.32 Å². The van der Waals surface area contributed by atoms with Gasteiger partial charge in [-0.25, -0.2) is 0 Å². The monoisotopic (exact) mass is 343 g/mol. The summed E-state index contributed by atoms with van der Waals surface area (Å²) in [6.45, 7) is 0.460. The van der Waals surface area contributed by atoms with Crippen molar-refractivity contribution in [3.63, 3.8) is 0 Å². The van der Waals surface area contributed by atoms with Gasteiger partial charge in [-0.15, -0.1) is 0 Å². The van der Waals surface area contributed by atoms with Crippen LogP contribution in [0.15, 0.2) is 84.9 Å². The molecule has 0 bridgehead atoms. The number of hydrogen-bond donors (Lipinski definition) is 1. The average molecular weight is 343 g/mol. The zero-order valence-electron chi connectivity index (χ0n) is 14.7. The average Bonchev–Trinajstić information content (AvgIpc) is 2.72. The molecule has 0 aromatic heterocycles. The molecule has 3 aromatic rings. The molecule has 0 aliphatic carbocycles. The van der Waals surface area contributed by atoms with E-state index >= 15 is 0 Å². The molecule has 0 aliphatic heterocycles. The van der Waals surface area contributed by atoms with E-state index in [9.17, 15) is 4.79 Å². The second-order valence-corrected chi connectivity index (χ2v) is 5.87. The zero-order chi connectivity index (χ0) is 18.2. The van der Waals surface area contributed by atoms with Crippen LogP contribution in [-0.4, -0.2) is 13.0 Å². The largest absolute Gasteiger partial charge is 0.497 e. The molecular weight excluding hydrogens is 322 g/mol. The highest BCUT2D eigenvalue weighted by atomic mass is 16.5. The molecule has 0 spiro atoms. The van der Waals surface area contributed by atoms with Crippen LogP contribution in [0.25, 0.3) is 11.6 Å². The summed E-state index contributed by atoms with van der Waals surface area (Å²) in [6, 6.07) is 27.2. The maximum Gasteiger partial charge on any atom is 0.252 e. The van der Waals surface area contributed by atoms with Gasteiger partial charge in [0.1, 0.15) is 5.75 Å². The Morgan fingerprint density at radius 3 is 2.12 bits per heavy atom. The van der Waals surface area contributed by atoms with Gasteiger partial charge in [0.25, 0.3) is 5.91 Å². The number of benzene rings is 3. The highest BCUT2D eigenvalue weighted by Gasteiger charge is 2.12. The first-order valence-electron chi connectivity index (χ1n) is 8.49. The van der Waals surface area contributed by atoms with Crippen molar-refractivity contribution >= 4 is 17.6 Å². The van der Waals surface area contributed by atoms with Crippen LogP contribution in [-0.2, 0) is 11.3 Å². The van der Waals surface area contributed by atoms with Crippen LogP contribution in [0.5, 0.6) is 5.75 Å². The summed E-state index contributed by atoms with van der Waals surface area (Å²) in [4.78, 5) is 12.8. The van der Waals surface area contributed by atoms with Crippen molar-refractivity contribution in [2.24, 2.45) is 0 Å². The SMILES string of the molecule is COc1ccc(CNC(=O)C(=Cc2ccccc2)c2ccccc2)cc1. The molecule has 3 heteroatoms. The number of carbonyl (C=O) groups is 1. The summed E-state index contributed by atoms with van der Waals surface area (Å²) < 4.78 is 5.16. The lowest BCUT2D eigenvalue weighted by Gasteiger charge is -2.10. The third-order valence-electron chi connectivity index (χ3n) is 4.05. The predicted octanol–water partition coefficient (Wildman–Crippen LogP) is 4.55. The first-order valence-corrected chi connectivity index (χ1v) is 8.49. The number of hydrogen-bond acceptors (Lipinski definition) is 2. The molecule has 130 valence electrons. The minimum Gasteiger partial charge on any atom is -0.497 e. The van der Waals surface area contributed by atoms with Gasteiger partial charge in [-0.3, -0.25) is 4.79 Å². The number of nitrogens with one attached hydrogen (secondary N) is 1. The Kier molecular flexibility index (Phi) is 5.84. The molecule has 0 atom stereocenters.